The van der Waals surface area contributed by atoms with Crippen LogP contribution in [0.4, 0.5) is 4.79 Å². The number of aromatic nitrogens is 1. The first-order chi connectivity index (χ1) is 10.4. The van der Waals surface area contributed by atoms with Gasteiger partial charge in [-0.05, 0) is 45.7 Å². The summed E-state index contributed by atoms with van der Waals surface area (Å²) in [5.74, 6) is 0. The predicted molar refractivity (Wildman–Crippen MR) is 86.3 cm³/mol. The van der Waals surface area contributed by atoms with Crippen molar-refractivity contribution in [1.29, 1.82) is 0 Å². The molecule has 0 bridgehead atoms. The molecule has 1 amide bonds. The molecule has 0 atom stereocenters. The summed E-state index contributed by atoms with van der Waals surface area (Å²) in [5, 5.41) is 1.36. The lowest BCUT2D eigenvalue weighted by Crippen LogP contribution is -2.42. The molecular formula is C16H22N2O3S. The third kappa shape index (κ3) is 5.02. The summed E-state index contributed by atoms with van der Waals surface area (Å²) in [7, 11) is 0. The van der Waals surface area contributed by atoms with E-state index >= 15 is 0 Å². The van der Waals surface area contributed by atoms with E-state index in [1.165, 1.54) is 0 Å². The molecule has 22 heavy (non-hydrogen) atoms. The number of carbonyl (C=O) groups is 2. The second-order valence-electron chi connectivity index (χ2n) is 6.33. The van der Waals surface area contributed by atoms with Crippen LogP contribution in [0.3, 0.4) is 0 Å². The number of hydrogen-bond donors (Lipinski definition) is 0. The average molecular weight is 322 g/mol. The Morgan fingerprint density at radius 3 is 2.55 bits per heavy atom. The van der Waals surface area contributed by atoms with E-state index in [9.17, 15) is 9.59 Å². The van der Waals surface area contributed by atoms with E-state index in [2.05, 4.69) is 4.98 Å². The topological polar surface area (TPSA) is 59.5 Å². The second-order valence-corrected chi connectivity index (χ2v) is 7.65. The SMILES string of the molecule is CC(C)(C)OC(=O)N1CCC(Sc2ccc(C=O)cn2)CC1. The predicted octanol–water partition coefficient (Wildman–Crippen LogP) is 3.39. The van der Waals surface area contributed by atoms with E-state index in [0.717, 1.165) is 24.2 Å². The molecule has 0 saturated carbocycles. The van der Waals surface area contributed by atoms with Crippen molar-refractivity contribution in [2.24, 2.45) is 0 Å². The van der Waals surface area contributed by atoms with Crippen molar-refractivity contribution < 1.29 is 14.3 Å². The number of piperidine rings is 1. The summed E-state index contributed by atoms with van der Waals surface area (Å²) in [6.07, 6.45) is 3.98. The maximum Gasteiger partial charge on any atom is 0.410 e. The molecule has 2 heterocycles. The first-order valence-corrected chi connectivity index (χ1v) is 8.31. The minimum atomic E-state index is -0.451. The van der Waals surface area contributed by atoms with E-state index in [0.29, 0.717) is 23.9 Å². The molecule has 2 rings (SSSR count). The zero-order chi connectivity index (χ0) is 16.2. The number of nitrogens with zero attached hydrogens (tertiary/aromatic N) is 2. The van der Waals surface area contributed by atoms with Gasteiger partial charge in [0.2, 0.25) is 0 Å². The molecule has 1 aliphatic rings. The quantitative estimate of drug-likeness (QED) is 0.798. The first-order valence-electron chi connectivity index (χ1n) is 7.43. The number of thioether (sulfide) groups is 1. The molecule has 120 valence electrons. The Bertz CT molecular complexity index is 517. The van der Waals surface area contributed by atoms with Gasteiger partial charge in [-0.1, -0.05) is 0 Å². The van der Waals surface area contributed by atoms with Crippen LogP contribution < -0.4 is 0 Å². The third-order valence-corrected chi connectivity index (χ3v) is 4.56. The van der Waals surface area contributed by atoms with Crippen LogP contribution in [-0.4, -0.2) is 46.2 Å². The number of amides is 1. The lowest BCUT2D eigenvalue weighted by Gasteiger charge is -2.33. The van der Waals surface area contributed by atoms with Crippen molar-refractivity contribution in [3.05, 3.63) is 23.9 Å². The molecule has 0 unspecified atom stereocenters. The summed E-state index contributed by atoms with van der Waals surface area (Å²) in [4.78, 5) is 28.7. The highest BCUT2D eigenvalue weighted by atomic mass is 32.2. The number of pyridine rings is 1. The van der Waals surface area contributed by atoms with Crippen LogP contribution in [0.2, 0.25) is 0 Å². The maximum atomic E-state index is 12.0. The van der Waals surface area contributed by atoms with Gasteiger partial charge in [0, 0.05) is 30.1 Å². The highest BCUT2D eigenvalue weighted by Crippen LogP contribution is 2.29. The lowest BCUT2D eigenvalue weighted by molar-refractivity contribution is 0.0219. The Hall–Kier alpha value is -1.56. The minimum Gasteiger partial charge on any atom is -0.444 e. The summed E-state index contributed by atoms with van der Waals surface area (Å²) in [6.45, 7) is 7.05. The lowest BCUT2D eigenvalue weighted by atomic mass is 10.1. The van der Waals surface area contributed by atoms with Crippen LogP contribution in [0.5, 0.6) is 0 Å². The van der Waals surface area contributed by atoms with Crippen LogP contribution in [0.1, 0.15) is 44.0 Å². The van der Waals surface area contributed by atoms with Gasteiger partial charge in [0.15, 0.2) is 6.29 Å². The number of hydrogen-bond acceptors (Lipinski definition) is 5. The Labute approximate surface area is 135 Å². The number of ether oxygens (including phenoxy) is 1. The molecule has 0 N–H and O–H groups in total. The summed E-state index contributed by atoms with van der Waals surface area (Å²) < 4.78 is 5.39. The number of carbonyl (C=O) groups excluding carboxylic acids is 2. The van der Waals surface area contributed by atoms with Crippen molar-refractivity contribution in [3.8, 4) is 0 Å². The Morgan fingerprint density at radius 1 is 1.36 bits per heavy atom. The normalized spacial score (nSPS) is 16.4. The first kappa shape index (κ1) is 16.8. The van der Waals surface area contributed by atoms with Gasteiger partial charge in [-0.2, -0.15) is 0 Å². The van der Waals surface area contributed by atoms with Crippen LogP contribution in [0.25, 0.3) is 0 Å². The average Bonchev–Trinajstić information content (AvgIpc) is 2.47. The molecule has 0 aliphatic carbocycles. The smallest absolute Gasteiger partial charge is 0.410 e. The molecule has 1 fully saturated rings. The monoisotopic (exact) mass is 322 g/mol. The van der Waals surface area contributed by atoms with Crippen LogP contribution >= 0.6 is 11.8 Å². The summed E-state index contributed by atoms with van der Waals surface area (Å²) in [6, 6.07) is 3.65. The van der Waals surface area contributed by atoms with E-state index in [-0.39, 0.29) is 6.09 Å². The molecule has 0 spiro atoms. The largest absolute Gasteiger partial charge is 0.444 e. The van der Waals surface area contributed by atoms with E-state index in [4.69, 9.17) is 4.74 Å². The fraction of sp³-hybridized carbons (Fsp3) is 0.562. The highest BCUT2D eigenvalue weighted by Gasteiger charge is 2.27. The van der Waals surface area contributed by atoms with Crippen molar-refractivity contribution in [2.75, 3.05) is 13.1 Å². The van der Waals surface area contributed by atoms with Gasteiger partial charge in [-0.25, -0.2) is 9.78 Å². The van der Waals surface area contributed by atoms with E-state index in [1.807, 2.05) is 26.8 Å². The van der Waals surface area contributed by atoms with Gasteiger partial charge in [0.1, 0.15) is 5.60 Å². The van der Waals surface area contributed by atoms with Gasteiger partial charge in [0.25, 0.3) is 0 Å². The van der Waals surface area contributed by atoms with Crippen LogP contribution in [0.15, 0.2) is 23.4 Å². The molecule has 1 aliphatic heterocycles. The Balaban J connectivity index is 1.81. The molecule has 1 aromatic heterocycles. The standard InChI is InChI=1S/C16H22N2O3S/c1-16(2,3)21-15(20)18-8-6-13(7-9-18)22-14-5-4-12(11-19)10-17-14/h4-5,10-11,13H,6-9H2,1-3H3. The van der Waals surface area contributed by atoms with Gasteiger partial charge < -0.3 is 9.64 Å². The molecule has 0 aromatic carbocycles. The number of likely N-dealkylation sites (tertiary alicyclic amines) is 1. The molecule has 1 aromatic rings. The highest BCUT2D eigenvalue weighted by molar-refractivity contribution is 7.99. The fourth-order valence-corrected chi connectivity index (χ4v) is 3.23. The van der Waals surface area contributed by atoms with Crippen molar-refractivity contribution >= 4 is 24.1 Å². The molecule has 0 radical (unpaired) electrons. The zero-order valence-corrected chi connectivity index (χ0v) is 14.1. The van der Waals surface area contributed by atoms with Crippen molar-refractivity contribution in [1.82, 2.24) is 9.88 Å². The molecule has 1 saturated heterocycles. The maximum absolute atomic E-state index is 12.0. The third-order valence-electron chi connectivity index (χ3n) is 3.28. The summed E-state index contributed by atoms with van der Waals surface area (Å²) >= 11 is 1.70. The van der Waals surface area contributed by atoms with Gasteiger partial charge in [0.05, 0.1) is 5.03 Å². The van der Waals surface area contributed by atoms with Crippen molar-refractivity contribution in [2.45, 2.75) is 49.5 Å². The van der Waals surface area contributed by atoms with Crippen LogP contribution in [-0.2, 0) is 4.74 Å². The van der Waals surface area contributed by atoms with Gasteiger partial charge in [-0.15, -0.1) is 11.8 Å². The Kier molecular flexibility index (Phi) is 5.45. The second kappa shape index (κ2) is 7.13. The molecule has 6 heteroatoms. The van der Waals surface area contributed by atoms with Crippen LogP contribution in [0, 0.1) is 0 Å². The number of aldehydes is 1. The minimum absolute atomic E-state index is 0.232. The molecule has 5 nitrogen and oxygen atoms in total. The van der Waals surface area contributed by atoms with E-state index in [1.54, 1.807) is 28.9 Å². The van der Waals surface area contributed by atoms with Gasteiger partial charge in [-0.3, -0.25) is 4.79 Å². The van der Waals surface area contributed by atoms with Gasteiger partial charge >= 0.3 is 6.09 Å². The van der Waals surface area contributed by atoms with E-state index < -0.39 is 5.60 Å². The zero-order valence-electron chi connectivity index (χ0n) is 13.2. The molecular weight excluding hydrogens is 300 g/mol. The number of rotatable bonds is 3. The Morgan fingerprint density at radius 2 is 2.05 bits per heavy atom. The van der Waals surface area contributed by atoms with Crippen molar-refractivity contribution in [3.63, 3.8) is 0 Å². The fourth-order valence-electron chi connectivity index (χ4n) is 2.18. The summed E-state index contributed by atoms with van der Waals surface area (Å²) in [5.41, 5.74) is 0.136.